The first kappa shape index (κ1) is 13.1. The van der Waals surface area contributed by atoms with Gasteiger partial charge in [-0.3, -0.25) is 0 Å². The number of halogens is 2. The summed E-state index contributed by atoms with van der Waals surface area (Å²) in [5.41, 5.74) is 4.08. The van der Waals surface area contributed by atoms with Crippen molar-refractivity contribution in [1.29, 1.82) is 0 Å². The van der Waals surface area contributed by atoms with Crippen LogP contribution in [0.5, 0.6) is 0 Å². The summed E-state index contributed by atoms with van der Waals surface area (Å²) in [5.74, 6) is -0.185. The van der Waals surface area contributed by atoms with E-state index in [0.29, 0.717) is 12.1 Å². The quantitative estimate of drug-likeness (QED) is 0.857. The van der Waals surface area contributed by atoms with E-state index in [-0.39, 0.29) is 5.82 Å². The second-order valence-corrected chi connectivity index (χ2v) is 5.38. The van der Waals surface area contributed by atoms with Crippen LogP contribution >= 0.6 is 15.9 Å². The van der Waals surface area contributed by atoms with Crippen molar-refractivity contribution in [2.24, 2.45) is 0 Å². The van der Waals surface area contributed by atoms with Crippen LogP contribution in [-0.2, 0) is 6.54 Å². The van der Waals surface area contributed by atoms with E-state index in [9.17, 15) is 4.39 Å². The van der Waals surface area contributed by atoms with Gasteiger partial charge in [-0.1, -0.05) is 22.0 Å². The van der Waals surface area contributed by atoms with Crippen LogP contribution in [0.1, 0.15) is 16.7 Å². The molecule has 0 heterocycles. The first-order valence-electron chi connectivity index (χ1n) is 5.81. The molecule has 94 valence electrons. The number of rotatable bonds is 3. The number of benzene rings is 2. The summed E-state index contributed by atoms with van der Waals surface area (Å²) in [5, 5.41) is 3.25. The number of aryl methyl sites for hydroxylation is 2. The van der Waals surface area contributed by atoms with E-state index < -0.39 is 0 Å². The molecule has 0 fully saturated rings. The van der Waals surface area contributed by atoms with Gasteiger partial charge in [-0.2, -0.15) is 0 Å². The molecule has 0 amide bonds. The molecule has 0 saturated heterocycles. The Labute approximate surface area is 115 Å². The maximum atomic E-state index is 13.6. The highest BCUT2D eigenvalue weighted by atomic mass is 79.9. The van der Waals surface area contributed by atoms with Crippen molar-refractivity contribution in [3.8, 4) is 0 Å². The van der Waals surface area contributed by atoms with Crippen molar-refractivity contribution in [3.05, 3.63) is 63.4 Å². The highest BCUT2D eigenvalue weighted by Gasteiger charge is 2.03. The molecule has 18 heavy (non-hydrogen) atoms. The summed E-state index contributed by atoms with van der Waals surface area (Å²) < 4.78 is 14.5. The highest BCUT2D eigenvalue weighted by Crippen LogP contribution is 2.18. The second-order valence-electron chi connectivity index (χ2n) is 4.47. The Balaban J connectivity index is 2.13. The zero-order chi connectivity index (χ0) is 13.1. The van der Waals surface area contributed by atoms with Crippen LogP contribution in [0, 0.1) is 19.7 Å². The molecule has 0 unspecified atom stereocenters. The Hall–Kier alpha value is -1.35. The highest BCUT2D eigenvalue weighted by molar-refractivity contribution is 9.10. The summed E-state index contributed by atoms with van der Waals surface area (Å²) in [6, 6.07) is 11.2. The van der Waals surface area contributed by atoms with Crippen LogP contribution in [0.4, 0.5) is 10.1 Å². The summed E-state index contributed by atoms with van der Waals surface area (Å²) in [7, 11) is 0. The maximum Gasteiger partial charge on any atom is 0.128 e. The molecular weight excluding hydrogens is 293 g/mol. The second kappa shape index (κ2) is 5.53. The lowest BCUT2D eigenvalue weighted by molar-refractivity contribution is 0.612. The number of anilines is 1. The molecule has 0 aliphatic rings. The third-order valence-electron chi connectivity index (χ3n) is 2.71. The molecule has 0 atom stereocenters. The first-order valence-corrected chi connectivity index (χ1v) is 6.60. The van der Waals surface area contributed by atoms with Crippen molar-refractivity contribution >= 4 is 21.6 Å². The van der Waals surface area contributed by atoms with Gasteiger partial charge in [0.15, 0.2) is 0 Å². The van der Waals surface area contributed by atoms with E-state index >= 15 is 0 Å². The van der Waals surface area contributed by atoms with E-state index in [0.717, 1.165) is 10.2 Å². The number of hydrogen-bond acceptors (Lipinski definition) is 1. The minimum absolute atomic E-state index is 0.185. The Morgan fingerprint density at radius 1 is 1.06 bits per heavy atom. The fourth-order valence-corrected chi connectivity index (χ4v) is 2.36. The Bertz CT molecular complexity index is 546. The van der Waals surface area contributed by atoms with Crippen molar-refractivity contribution in [1.82, 2.24) is 0 Å². The van der Waals surface area contributed by atoms with Gasteiger partial charge in [0.1, 0.15) is 5.82 Å². The summed E-state index contributed by atoms with van der Waals surface area (Å²) in [4.78, 5) is 0. The molecule has 1 nitrogen and oxygen atoms in total. The molecule has 0 saturated carbocycles. The first-order chi connectivity index (χ1) is 8.54. The molecule has 1 N–H and O–H groups in total. The Morgan fingerprint density at radius 2 is 1.72 bits per heavy atom. The van der Waals surface area contributed by atoms with E-state index in [1.54, 1.807) is 12.1 Å². The number of nitrogens with one attached hydrogen (secondary N) is 1. The average molecular weight is 308 g/mol. The van der Waals surface area contributed by atoms with Gasteiger partial charge < -0.3 is 5.32 Å². The molecule has 0 aliphatic carbocycles. The zero-order valence-corrected chi connectivity index (χ0v) is 12.0. The fraction of sp³-hybridized carbons (Fsp3) is 0.200. The van der Waals surface area contributed by atoms with E-state index in [1.807, 2.05) is 0 Å². The van der Waals surface area contributed by atoms with Crippen molar-refractivity contribution in [2.75, 3.05) is 5.32 Å². The largest absolute Gasteiger partial charge is 0.381 e. The predicted molar refractivity (Wildman–Crippen MR) is 77.3 cm³/mol. The molecule has 2 rings (SSSR count). The minimum atomic E-state index is -0.185. The lowest BCUT2D eigenvalue weighted by atomic mass is 10.1. The van der Waals surface area contributed by atoms with Crippen LogP contribution in [0.25, 0.3) is 0 Å². The minimum Gasteiger partial charge on any atom is -0.381 e. The predicted octanol–water partition coefficient (Wildman–Crippen LogP) is 4.82. The van der Waals surface area contributed by atoms with Crippen molar-refractivity contribution in [3.63, 3.8) is 0 Å². The van der Waals surface area contributed by atoms with Gasteiger partial charge in [-0.25, -0.2) is 4.39 Å². The maximum absolute atomic E-state index is 13.6. The monoisotopic (exact) mass is 307 g/mol. The van der Waals surface area contributed by atoms with Gasteiger partial charge in [0.25, 0.3) is 0 Å². The topological polar surface area (TPSA) is 12.0 Å². The lowest BCUT2D eigenvalue weighted by Gasteiger charge is -2.09. The normalized spacial score (nSPS) is 10.4. The Morgan fingerprint density at radius 3 is 2.39 bits per heavy atom. The molecule has 0 bridgehead atoms. The molecule has 2 aromatic carbocycles. The van der Waals surface area contributed by atoms with Crippen LogP contribution in [0.2, 0.25) is 0 Å². The van der Waals surface area contributed by atoms with Gasteiger partial charge in [-0.15, -0.1) is 0 Å². The Kier molecular flexibility index (Phi) is 4.02. The van der Waals surface area contributed by atoms with Gasteiger partial charge in [0, 0.05) is 22.3 Å². The van der Waals surface area contributed by atoms with E-state index in [4.69, 9.17) is 0 Å². The van der Waals surface area contributed by atoms with Crippen molar-refractivity contribution in [2.45, 2.75) is 20.4 Å². The number of hydrogen-bond donors (Lipinski definition) is 1. The third kappa shape index (κ3) is 3.33. The molecule has 2 aromatic rings. The standard InChI is InChI=1S/C15H15BrFN/c1-10-5-11(2)7-14(6-10)18-9-12-8-13(16)3-4-15(12)17/h3-8,18H,9H2,1-2H3. The zero-order valence-electron chi connectivity index (χ0n) is 10.4. The summed E-state index contributed by atoms with van der Waals surface area (Å²) in [6.45, 7) is 4.59. The van der Waals surface area contributed by atoms with Gasteiger partial charge >= 0.3 is 0 Å². The van der Waals surface area contributed by atoms with E-state index in [2.05, 4.69) is 53.3 Å². The molecule has 0 spiro atoms. The van der Waals surface area contributed by atoms with Gasteiger partial charge in [0.2, 0.25) is 0 Å². The fourth-order valence-electron chi connectivity index (χ4n) is 1.95. The SMILES string of the molecule is Cc1cc(C)cc(NCc2cc(Br)ccc2F)c1. The van der Waals surface area contributed by atoms with Gasteiger partial charge in [-0.05, 0) is 55.3 Å². The van der Waals surface area contributed by atoms with Crippen molar-refractivity contribution < 1.29 is 4.39 Å². The van der Waals surface area contributed by atoms with Crippen LogP contribution < -0.4 is 5.32 Å². The molecule has 0 aromatic heterocycles. The smallest absolute Gasteiger partial charge is 0.128 e. The molecular formula is C15H15BrFN. The van der Waals surface area contributed by atoms with Gasteiger partial charge in [0.05, 0.1) is 0 Å². The summed E-state index contributed by atoms with van der Waals surface area (Å²) >= 11 is 3.35. The third-order valence-corrected chi connectivity index (χ3v) is 3.21. The molecule has 3 heteroatoms. The lowest BCUT2D eigenvalue weighted by Crippen LogP contribution is -2.02. The van der Waals surface area contributed by atoms with Crippen LogP contribution in [-0.4, -0.2) is 0 Å². The van der Waals surface area contributed by atoms with Crippen LogP contribution in [0.15, 0.2) is 40.9 Å². The molecule has 0 radical (unpaired) electrons. The molecule has 0 aliphatic heterocycles. The summed E-state index contributed by atoms with van der Waals surface area (Å²) in [6.07, 6.45) is 0. The van der Waals surface area contributed by atoms with E-state index in [1.165, 1.54) is 17.2 Å². The van der Waals surface area contributed by atoms with Crippen LogP contribution in [0.3, 0.4) is 0 Å². The average Bonchev–Trinajstić information content (AvgIpc) is 2.29.